The summed E-state index contributed by atoms with van der Waals surface area (Å²) in [5, 5.41) is 4.39. The Labute approximate surface area is 178 Å². The second-order valence-electron chi connectivity index (χ2n) is 6.75. The first-order valence-corrected chi connectivity index (χ1v) is 10.2. The Morgan fingerprint density at radius 2 is 1.97 bits per heavy atom. The molecule has 0 saturated heterocycles. The molecule has 1 N–H and O–H groups in total. The molecule has 0 spiro atoms. The standard InChI is InChI=1S/C21H16F3N3O3S/c22-21(23,24)13-5-6-16-15(11-13)25-20(27(16)12-14-3-1-9-30-14)26-19(29)8-7-17(28)18-4-2-10-31-18/h1-6,9-11H,7-8,12H2,(H,25,26,29). The van der Waals surface area contributed by atoms with E-state index in [1.54, 1.807) is 34.2 Å². The molecule has 1 amide bonds. The van der Waals surface area contributed by atoms with E-state index in [-0.39, 0.29) is 36.6 Å². The number of nitrogens with one attached hydrogen (secondary N) is 1. The molecule has 0 saturated carbocycles. The van der Waals surface area contributed by atoms with Crippen molar-refractivity contribution in [2.24, 2.45) is 0 Å². The zero-order valence-electron chi connectivity index (χ0n) is 16.0. The number of hydrogen-bond donors (Lipinski definition) is 1. The Morgan fingerprint density at radius 3 is 2.65 bits per heavy atom. The summed E-state index contributed by atoms with van der Waals surface area (Å²) in [6.45, 7) is 0.165. The van der Waals surface area contributed by atoms with Gasteiger partial charge in [-0.15, -0.1) is 11.3 Å². The van der Waals surface area contributed by atoms with Gasteiger partial charge in [0.15, 0.2) is 5.78 Å². The topological polar surface area (TPSA) is 77.1 Å². The van der Waals surface area contributed by atoms with Gasteiger partial charge in [-0.3, -0.25) is 14.9 Å². The number of aromatic nitrogens is 2. The summed E-state index contributed by atoms with van der Waals surface area (Å²) in [6, 6.07) is 10.0. The summed E-state index contributed by atoms with van der Waals surface area (Å²) < 4.78 is 46.1. The SMILES string of the molecule is O=C(CCC(=O)c1cccs1)Nc1nc2cc(C(F)(F)F)ccc2n1Cc1ccco1. The van der Waals surface area contributed by atoms with Crippen LogP contribution in [0.5, 0.6) is 0 Å². The number of ketones is 1. The third kappa shape index (κ3) is 4.69. The minimum absolute atomic E-state index is 0.0168. The van der Waals surface area contributed by atoms with Crippen molar-refractivity contribution in [3.8, 4) is 0 Å². The number of alkyl halides is 3. The molecule has 3 aromatic heterocycles. The maximum Gasteiger partial charge on any atom is 0.416 e. The number of imidazole rings is 1. The number of hydrogen-bond acceptors (Lipinski definition) is 5. The van der Waals surface area contributed by atoms with Crippen LogP contribution in [-0.2, 0) is 17.5 Å². The lowest BCUT2D eigenvalue weighted by Crippen LogP contribution is -2.17. The normalized spacial score (nSPS) is 11.7. The van der Waals surface area contributed by atoms with Crippen molar-refractivity contribution in [2.75, 3.05) is 5.32 Å². The van der Waals surface area contributed by atoms with Crippen molar-refractivity contribution in [2.45, 2.75) is 25.6 Å². The quantitative estimate of drug-likeness (QED) is 0.387. The van der Waals surface area contributed by atoms with Gasteiger partial charge in [0.25, 0.3) is 0 Å². The van der Waals surface area contributed by atoms with Crippen molar-refractivity contribution in [3.63, 3.8) is 0 Å². The lowest BCUT2D eigenvalue weighted by Gasteiger charge is -2.09. The molecule has 10 heteroatoms. The molecular formula is C21H16F3N3O3S. The number of halogens is 3. The lowest BCUT2D eigenvalue weighted by molar-refractivity contribution is -0.137. The molecular weight excluding hydrogens is 431 g/mol. The highest BCUT2D eigenvalue weighted by atomic mass is 32.1. The first-order valence-electron chi connectivity index (χ1n) is 9.27. The molecule has 0 aliphatic carbocycles. The van der Waals surface area contributed by atoms with Crippen LogP contribution in [0.3, 0.4) is 0 Å². The highest BCUT2D eigenvalue weighted by Gasteiger charge is 2.31. The predicted molar refractivity (Wildman–Crippen MR) is 109 cm³/mol. The van der Waals surface area contributed by atoms with Gasteiger partial charge in [-0.2, -0.15) is 13.2 Å². The van der Waals surface area contributed by atoms with Crippen molar-refractivity contribution < 1.29 is 27.2 Å². The van der Waals surface area contributed by atoms with E-state index in [0.717, 1.165) is 12.1 Å². The molecule has 0 fully saturated rings. The monoisotopic (exact) mass is 447 g/mol. The largest absolute Gasteiger partial charge is 0.467 e. The fourth-order valence-electron chi connectivity index (χ4n) is 3.09. The third-order valence-electron chi connectivity index (χ3n) is 4.60. The van der Waals surface area contributed by atoms with Crippen LogP contribution in [0, 0.1) is 0 Å². The molecule has 0 unspecified atom stereocenters. The summed E-state index contributed by atoms with van der Waals surface area (Å²) >= 11 is 1.30. The molecule has 31 heavy (non-hydrogen) atoms. The fraction of sp³-hybridized carbons (Fsp3) is 0.190. The molecule has 0 radical (unpaired) electrons. The van der Waals surface area contributed by atoms with Crippen LogP contribution in [0.25, 0.3) is 11.0 Å². The maximum atomic E-state index is 13.1. The van der Waals surface area contributed by atoms with Gasteiger partial charge in [0, 0.05) is 12.8 Å². The number of fused-ring (bicyclic) bond motifs is 1. The zero-order valence-corrected chi connectivity index (χ0v) is 16.8. The number of amides is 1. The molecule has 160 valence electrons. The Balaban J connectivity index is 1.58. The molecule has 0 bridgehead atoms. The van der Waals surface area contributed by atoms with E-state index in [1.165, 1.54) is 23.7 Å². The summed E-state index contributed by atoms with van der Waals surface area (Å²) in [4.78, 5) is 29.3. The van der Waals surface area contributed by atoms with Crippen LogP contribution in [-0.4, -0.2) is 21.2 Å². The van der Waals surface area contributed by atoms with Gasteiger partial charge in [-0.05, 0) is 41.8 Å². The van der Waals surface area contributed by atoms with Crippen LogP contribution in [0.2, 0.25) is 0 Å². The summed E-state index contributed by atoms with van der Waals surface area (Å²) in [5.41, 5.74) is -0.331. The number of benzene rings is 1. The van der Waals surface area contributed by atoms with Gasteiger partial charge in [0.2, 0.25) is 11.9 Å². The van der Waals surface area contributed by atoms with Gasteiger partial charge in [-0.25, -0.2) is 4.98 Å². The molecule has 4 rings (SSSR count). The van der Waals surface area contributed by atoms with E-state index in [0.29, 0.717) is 16.2 Å². The number of furan rings is 1. The smallest absolute Gasteiger partial charge is 0.416 e. The van der Waals surface area contributed by atoms with Crippen LogP contribution in [0.1, 0.15) is 33.8 Å². The molecule has 4 aromatic rings. The number of carbonyl (C=O) groups excluding carboxylic acids is 2. The number of nitrogens with zero attached hydrogens (tertiary/aromatic N) is 2. The Hall–Kier alpha value is -3.40. The van der Waals surface area contributed by atoms with Crippen molar-refractivity contribution >= 4 is 40.0 Å². The first-order chi connectivity index (χ1) is 14.8. The first kappa shape index (κ1) is 20.9. The second-order valence-corrected chi connectivity index (χ2v) is 7.70. The molecule has 0 atom stereocenters. The Morgan fingerprint density at radius 1 is 1.13 bits per heavy atom. The number of anilines is 1. The van der Waals surface area contributed by atoms with E-state index in [9.17, 15) is 22.8 Å². The predicted octanol–water partition coefficient (Wildman–Crippen LogP) is 5.36. The van der Waals surface area contributed by atoms with Gasteiger partial charge in [0.05, 0.1) is 34.3 Å². The second kappa shape index (κ2) is 8.38. The van der Waals surface area contributed by atoms with Crippen LogP contribution < -0.4 is 5.32 Å². The Kier molecular flexibility index (Phi) is 5.64. The molecule has 1 aromatic carbocycles. The van der Waals surface area contributed by atoms with E-state index in [4.69, 9.17) is 4.42 Å². The minimum Gasteiger partial charge on any atom is -0.467 e. The van der Waals surface area contributed by atoms with Gasteiger partial charge < -0.3 is 8.98 Å². The van der Waals surface area contributed by atoms with Crippen LogP contribution >= 0.6 is 11.3 Å². The number of carbonyl (C=O) groups is 2. The summed E-state index contributed by atoms with van der Waals surface area (Å²) in [6.07, 6.45) is -3.09. The van der Waals surface area contributed by atoms with E-state index in [2.05, 4.69) is 10.3 Å². The van der Waals surface area contributed by atoms with Crippen LogP contribution in [0.4, 0.5) is 19.1 Å². The van der Waals surface area contributed by atoms with Gasteiger partial charge >= 0.3 is 6.18 Å². The molecule has 3 heterocycles. The number of rotatable bonds is 7. The number of thiophene rings is 1. The number of Topliss-reactive ketones (excluding diaryl/α,β-unsaturated/α-hetero) is 1. The third-order valence-corrected chi connectivity index (χ3v) is 5.51. The lowest BCUT2D eigenvalue weighted by atomic mass is 10.2. The maximum absolute atomic E-state index is 13.1. The highest BCUT2D eigenvalue weighted by Crippen LogP contribution is 2.32. The highest BCUT2D eigenvalue weighted by molar-refractivity contribution is 7.12. The van der Waals surface area contributed by atoms with Crippen LogP contribution in [0.15, 0.2) is 58.5 Å². The molecule has 6 nitrogen and oxygen atoms in total. The van der Waals surface area contributed by atoms with E-state index < -0.39 is 17.6 Å². The minimum atomic E-state index is -4.51. The van der Waals surface area contributed by atoms with Crippen molar-refractivity contribution in [1.82, 2.24) is 9.55 Å². The summed E-state index contributed by atoms with van der Waals surface area (Å²) in [7, 11) is 0. The van der Waals surface area contributed by atoms with E-state index >= 15 is 0 Å². The Bertz CT molecular complexity index is 1210. The zero-order chi connectivity index (χ0) is 22.0. The van der Waals surface area contributed by atoms with Crippen molar-refractivity contribution in [1.29, 1.82) is 0 Å². The molecule has 0 aliphatic heterocycles. The molecule has 0 aliphatic rings. The summed E-state index contributed by atoms with van der Waals surface area (Å²) in [5.74, 6) is 0.0166. The fourth-order valence-corrected chi connectivity index (χ4v) is 3.79. The average Bonchev–Trinajstić information content (AvgIpc) is 3.48. The van der Waals surface area contributed by atoms with E-state index in [1.807, 2.05) is 0 Å². The van der Waals surface area contributed by atoms with Gasteiger partial charge in [-0.1, -0.05) is 6.07 Å². The average molecular weight is 447 g/mol. The van der Waals surface area contributed by atoms with Crippen molar-refractivity contribution in [3.05, 3.63) is 70.3 Å². The van der Waals surface area contributed by atoms with Gasteiger partial charge in [0.1, 0.15) is 5.76 Å².